The maximum atomic E-state index is 5.66. The van der Waals surface area contributed by atoms with Gasteiger partial charge in [-0.05, 0) is 31.6 Å². The lowest BCUT2D eigenvalue weighted by atomic mass is 10.4. The molecule has 0 aromatic carbocycles. The highest BCUT2D eigenvalue weighted by Crippen LogP contribution is 2.18. The minimum atomic E-state index is -1.50. The van der Waals surface area contributed by atoms with Crippen LogP contribution in [0.15, 0.2) is 12.8 Å². The van der Waals surface area contributed by atoms with Crippen LogP contribution in [0.5, 0.6) is 0 Å². The van der Waals surface area contributed by atoms with E-state index in [1.807, 2.05) is 0 Å². The van der Waals surface area contributed by atoms with Crippen LogP contribution in [-0.2, 0) is 4.43 Å². The molecule has 3 heteroatoms. The highest BCUT2D eigenvalue weighted by atomic mass is 28.4. The molecule has 58 valence electrons. The van der Waals surface area contributed by atoms with Crippen molar-refractivity contribution in [1.29, 1.82) is 0 Å². The molecule has 1 aliphatic heterocycles. The Labute approximate surface area is 63.5 Å². The summed E-state index contributed by atoms with van der Waals surface area (Å²) in [5.41, 5.74) is 0. The van der Waals surface area contributed by atoms with Crippen molar-refractivity contribution < 1.29 is 4.43 Å². The molecule has 0 amide bonds. The Hall–Kier alpha value is -0.283. The average Bonchev–Trinajstić information content (AvgIpc) is 1.89. The summed E-state index contributed by atoms with van der Waals surface area (Å²) in [6.45, 7) is 6.78. The lowest BCUT2D eigenvalue weighted by molar-refractivity contribution is 0.265. The van der Waals surface area contributed by atoms with E-state index in [4.69, 9.17) is 4.43 Å². The Bertz CT molecular complexity index is 121. The zero-order valence-corrected chi connectivity index (χ0v) is 7.52. The van der Waals surface area contributed by atoms with Crippen molar-refractivity contribution in [1.82, 2.24) is 4.98 Å². The van der Waals surface area contributed by atoms with Crippen molar-refractivity contribution in [2.24, 2.45) is 0 Å². The quantitative estimate of drug-likeness (QED) is 0.615. The van der Waals surface area contributed by atoms with Gasteiger partial charge < -0.3 is 9.41 Å². The maximum absolute atomic E-state index is 5.66. The average molecular weight is 157 g/mol. The maximum Gasteiger partial charge on any atom is 0.294 e. The van der Waals surface area contributed by atoms with E-state index in [1.54, 1.807) is 6.20 Å². The van der Waals surface area contributed by atoms with Crippen LogP contribution in [0.3, 0.4) is 0 Å². The molecule has 0 radical (unpaired) electrons. The van der Waals surface area contributed by atoms with Gasteiger partial charge in [-0.3, -0.25) is 0 Å². The molecule has 1 rings (SSSR count). The van der Waals surface area contributed by atoms with Crippen molar-refractivity contribution in [2.75, 3.05) is 6.61 Å². The van der Waals surface area contributed by atoms with E-state index in [1.165, 1.54) is 18.9 Å². The lowest BCUT2D eigenvalue weighted by Gasteiger charge is -2.30. The van der Waals surface area contributed by atoms with Crippen LogP contribution < -0.4 is 4.98 Å². The zero-order valence-electron chi connectivity index (χ0n) is 6.52. The van der Waals surface area contributed by atoms with E-state index >= 15 is 0 Å². The van der Waals surface area contributed by atoms with Crippen molar-refractivity contribution in [3.05, 3.63) is 12.8 Å². The second-order valence-corrected chi connectivity index (χ2v) is 6.42. The molecule has 0 aromatic rings. The van der Waals surface area contributed by atoms with Gasteiger partial charge in [0.15, 0.2) is 0 Å². The van der Waals surface area contributed by atoms with Gasteiger partial charge >= 0.3 is 0 Å². The van der Waals surface area contributed by atoms with Crippen LogP contribution in [0.1, 0.15) is 12.8 Å². The van der Waals surface area contributed by atoms with Crippen molar-refractivity contribution in [3.8, 4) is 0 Å². The van der Waals surface area contributed by atoms with Gasteiger partial charge in [0.1, 0.15) is 0 Å². The molecule has 1 aliphatic rings. The molecule has 1 heterocycles. The highest BCUT2D eigenvalue weighted by Gasteiger charge is 2.30. The molecule has 1 fully saturated rings. The minimum absolute atomic E-state index is 0.934. The smallest absolute Gasteiger partial charge is 0.294 e. The van der Waals surface area contributed by atoms with Crippen molar-refractivity contribution in [2.45, 2.75) is 25.4 Å². The molecule has 1 saturated heterocycles. The van der Waals surface area contributed by atoms with Crippen LogP contribution in [0, 0.1) is 0 Å². The predicted octanol–water partition coefficient (Wildman–Crippen LogP) is 1.60. The summed E-state index contributed by atoms with van der Waals surface area (Å²) < 4.78 is 5.66. The fourth-order valence-electron chi connectivity index (χ4n) is 1.26. The first-order valence-corrected chi connectivity index (χ1v) is 6.41. The van der Waals surface area contributed by atoms with Gasteiger partial charge in [0, 0.05) is 6.61 Å². The van der Waals surface area contributed by atoms with Crippen LogP contribution in [0.2, 0.25) is 12.6 Å². The first-order chi connectivity index (χ1) is 4.77. The fraction of sp³-hybridized carbons (Fsp3) is 0.714. The van der Waals surface area contributed by atoms with Gasteiger partial charge in [-0.1, -0.05) is 6.58 Å². The molecular weight excluding hydrogens is 142 g/mol. The third-order valence-corrected chi connectivity index (χ3v) is 4.84. The van der Waals surface area contributed by atoms with E-state index in [2.05, 4.69) is 18.1 Å². The monoisotopic (exact) mass is 157 g/mol. The Kier molecular flexibility index (Phi) is 2.51. The van der Waals surface area contributed by atoms with E-state index < -0.39 is 8.48 Å². The SMILES string of the molecule is C=CN[Si]1(C)CCCCO1. The Balaban J connectivity index is 2.39. The molecule has 1 N–H and O–H groups in total. The summed E-state index contributed by atoms with van der Waals surface area (Å²) >= 11 is 0. The van der Waals surface area contributed by atoms with Crippen LogP contribution in [0.25, 0.3) is 0 Å². The van der Waals surface area contributed by atoms with E-state index in [0.29, 0.717) is 0 Å². The molecule has 0 aliphatic carbocycles. The molecule has 0 spiro atoms. The van der Waals surface area contributed by atoms with Crippen LogP contribution >= 0.6 is 0 Å². The van der Waals surface area contributed by atoms with Gasteiger partial charge in [0.2, 0.25) is 0 Å². The lowest BCUT2D eigenvalue weighted by Crippen LogP contribution is -2.49. The number of rotatable bonds is 2. The minimum Gasteiger partial charge on any atom is -0.399 e. The van der Waals surface area contributed by atoms with Gasteiger partial charge in [-0.15, -0.1) is 0 Å². The third-order valence-electron chi connectivity index (χ3n) is 1.88. The second kappa shape index (κ2) is 3.21. The molecule has 1 unspecified atom stereocenters. The van der Waals surface area contributed by atoms with E-state index in [-0.39, 0.29) is 0 Å². The zero-order chi connectivity index (χ0) is 7.45. The van der Waals surface area contributed by atoms with Crippen molar-refractivity contribution in [3.63, 3.8) is 0 Å². The van der Waals surface area contributed by atoms with E-state index in [9.17, 15) is 0 Å². The predicted molar refractivity (Wildman–Crippen MR) is 44.9 cm³/mol. The number of hydrogen-bond acceptors (Lipinski definition) is 2. The van der Waals surface area contributed by atoms with Gasteiger partial charge in [-0.2, -0.15) is 0 Å². The summed E-state index contributed by atoms with van der Waals surface area (Å²) in [5, 5.41) is 0. The van der Waals surface area contributed by atoms with E-state index in [0.717, 1.165) is 6.61 Å². The summed E-state index contributed by atoms with van der Waals surface area (Å²) in [4.78, 5) is 3.24. The molecule has 0 saturated carbocycles. The summed E-state index contributed by atoms with van der Waals surface area (Å²) in [6.07, 6.45) is 4.29. The van der Waals surface area contributed by atoms with Crippen molar-refractivity contribution >= 4 is 8.48 Å². The Morgan fingerprint density at radius 1 is 1.60 bits per heavy atom. The van der Waals surface area contributed by atoms with Gasteiger partial charge in [-0.25, -0.2) is 0 Å². The molecule has 10 heavy (non-hydrogen) atoms. The fourth-order valence-corrected chi connectivity index (χ4v) is 3.59. The normalized spacial score (nSPS) is 33.3. The molecular formula is C7H15NOSi. The summed E-state index contributed by atoms with van der Waals surface area (Å²) in [6, 6.07) is 1.22. The first kappa shape index (κ1) is 7.82. The molecule has 0 bridgehead atoms. The Morgan fingerprint density at radius 3 is 2.90 bits per heavy atom. The van der Waals surface area contributed by atoms with Crippen LogP contribution in [0.4, 0.5) is 0 Å². The highest BCUT2D eigenvalue weighted by molar-refractivity contribution is 6.70. The molecule has 1 atom stereocenters. The standard InChI is InChI=1S/C7H15NOSi/c1-3-8-10(2)7-5-4-6-9-10/h3,8H,1,4-7H2,2H3. The van der Waals surface area contributed by atoms with Crippen LogP contribution in [-0.4, -0.2) is 15.1 Å². The molecule has 0 aromatic heterocycles. The largest absolute Gasteiger partial charge is 0.399 e. The first-order valence-electron chi connectivity index (χ1n) is 3.79. The topological polar surface area (TPSA) is 21.3 Å². The number of hydrogen-bond donors (Lipinski definition) is 1. The Morgan fingerprint density at radius 2 is 2.40 bits per heavy atom. The third kappa shape index (κ3) is 1.85. The number of nitrogens with one attached hydrogen (secondary N) is 1. The summed E-state index contributed by atoms with van der Waals surface area (Å²) in [5.74, 6) is 0. The second-order valence-electron chi connectivity index (χ2n) is 2.88. The van der Waals surface area contributed by atoms with Gasteiger partial charge in [0.25, 0.3) is 8.48 Å². The molecule has 2 nitrogen and oxygen atoms in total. The summed E-state index contributed by atoms with van der Waals surface area (Å²) in [7, 11) is -1.50. The van der Waals surface area contributed by atoms with Gasteiger partial charge in [0.05, 0.1) is 0 Å².